The third-order valence-corrected chi connectivity index (χ3v) is 2.97. The fraction of sp³-hybridized carbons (Fsp3) is 0. The number of nitriles is 2. The molecular formula is C10H4N2OS. The number of rotatable bonds is 0. The minimum Gasteiger partial charge on any atom is -0.499 e. The Labute approximate surface area is 84.1 Å². The normalized spacial score (nSPS) is 9.57. The molecule has 4 heteroatoms. The second-order valence-corrected chi connectivity index (χ2v) is 3.69. The zero-order valence-electron chi connectivity index (χ0n) is 6.98. The van der Waals surface area contributed by atoms with Gasteiger partial charge in [-0.2, -0.15) is 10.5 Å². The molecule has 14 heavy (non-hydrogen) atoms. The van der Waals surface area contributed by atoms with Crippen LogP contribution in [0.25, 0.3) is 10.1 Å². The molecule has 0 saturated heterocycles. The number of fused-ring (bicyclic) bond motifs is 1. The highest BCUT2D eigenvalue weighted by Crippen LogP contribution is 2.37. The van der Waals surface area contributed by atoms with E-state index in [0.29, 0.717) is 15.6 Å². The van der Waals surface area contributed by atoms with Gasteiger partial charge in [0.25, 0.3) is 0 Å². The van der Waals surface area contributed by atoms with Crippen molar-refractivity contribution in [2.24, 2.45) is 0 Å². The van der Waals surface area contributed by atoms with E-state index in [0.717, 1.165) is 11.3 Å². The van der Waals surface area contributed by atoms with Crippen LogP contribution in [0.1, 0.15) is 11.1 Å². The van der Waals surface area contributed by atoms with Crippen LogP contribution in [-0.2, 0) is 0 Å². The molecule has 1 aromatic carbocycles. The maximum atomic E-state index is 9.44. The van der Waals surface area contributed by atoms with E-state index in [1.807, 2.05) is 12.1 Å². The van der Waals surface area contributed by atoms with Gasteiger partial charge in [-0.3, -0.25) is 0 Å². The summed E-state index contributed by atoms with van der Waals surface area (Å²) in [6, 6.07) is 9.04. The van der Waals surface area contributed by atoms with E-state index in [1.165, 1.54) is 0 Å². The van der Waals surface area contributed by atoms with Gasteiger partial charge in [-0.15, -0.1) is 0 Å². The summed E-state index contributed by atoms with van der Waals surface area (Å²) in [6.45, 7) is 0. The van der Waals surface area contributed by atoms with Gasteiger partial charge in [0.05, 0.1) is 10.3 Å². The van der Waals surface area contributed by atoms with Crippen LogP contribution in [-0.4, -0.2) is 5.11 Å². The number of hydrogen-bond donors (Lipinski definition) is 1. The monoisotopic (exact) mass is 200 g/mol. The molecule has 2 rings (SSSR count). The molecule has 0 unspecified atom stereocenters. The van der Waals surface area contributed by atoms with Crippen LogP contribution >= 0.6 is 11.3 Å². The van der Waals surface area contributed by atoms with Gasteiger partial charge in [-0.25, -0.2) is 0 Å². The SMILES string of the molecule is N#Cc1c(O)sc2c(C#N)cccc12. The van der Waals surface area contributed by atoms with Gasteiger partial charge in [0.1, 0.15) is 17.7 Å². The Hall–Kier alpha value is -2.04. The van der Waals surface area contributed by atoms with Crippen LogP contribution in [0, 0.1) is 22.7 Å². The summed E-state index contributed by atoms with van der Waals surface area (Å²) in [7, 11) is 0. The molecule has 0 aliphatic heterocycles. The second kappa shape index (κ2) is 3.02. The lowest BCUT2D eigenvalue weighted by Crippen LogP contribution is -1.74. The second-order valence-electron chi connectivity index (χ2n) is 2.69. The number of hydrogen-bond acceptors (Lipinski definition) is 4. The summed E-state index contributed by atoms with van der Waals surface area (Å²) in [5.41, 5.74) is 0.742. The summed E-state index contributed by atoms with van der Waals surface area (Å²) in [5, 5.41) is 27.6. The van der Waals surface area contributed by atoms with Crippen molar-refractivity contribution in [3.8, 4) is 17.2 Å². The first kappa shape index (κ1) is 8.55. The van der Waals surface area contributed by atoms with Crippen LogP contribution < -0.4 is 0 Å². The van der Waals surface area contributed by atoms with Crippen molar-refractivity contribution in [3.05, 3.63) is 29.3 Å². The first-order chi connectivity index (χ1) is 6.77. The molecule has 0 amide bonds. The number of benzene rings is 1. The molecule has 3 nitrogen and oxygen atoms in total. The van der Waals surface area contributed by atoms with Gasteiger partial charge >= 0.3 is 0 Å². The van der Waals surface area contributed by atoms with Crippen molar-refractivity contribution in [3.63, 3.8) is 0 Å². The standard InChI is InChI=1S/C10H4N2OS/c11-4-6-2-1-3-7-8(5-12)10(13)14-9(6)7/h1-3,13H. The highest BCUT2D eigenvalue weighted by Gasteiger charge is 2.12. The lowest BCUT2D eigenvalue weighted by atomic mass is 10.1. The number of thiophene rings is 1. The first-order valence-electron chi connectivity index (χ1n) is 3.82. The first-order valence-corrected chi connectivity index (χ1v) is 4.64. The zero-order valence-corrected chi connectivity index (χ0v) is 7.80. The van der Waals surface area contributed by atoms with Gasteiger partial charge in [0.15, 0.2) is 5.06 Å². The molecule has 1 aromatic heterocycles. The van der Waals surface area contributed by atoms with Crippen molar-refractivity contribution in [2.45, 2.75) is 0 Å². The molecule has 0 aliphatic carbocycles. The Bertz CT molecular complexity index is 586. The molecule has 0 bridgehead atoms. The highest BCUT2D eigenvalue weighted by molar-refractivity contribution is 7.21. The molecule has 0 radical (unpaired) electrons. The Morgan fingerprint density at radius 2 is 2.00 bits per heavy atom. The predicted molar refractivity (Wildman–Crippen MR) is 52.9 cm³/mol. The third kappa shape index (κ3) is 1.02. The molecule has 0 saturated carbocycles. The fourth-order valence-corrected chi connectivity index (χ4v) is 2.26. The van der Waals surface area contributed by atoms with Crippen molar-refractivity contribution in [1.29, 1.82) is 10.5 Å². The molecule has 0 spiro atoms. The van der Waals surface area contributed by atoms with Crippen molar-refractivity contribution >= 4 is 21.4 Å². The minimum absolute atomic E-state index is 0.0230. The number of aromatic hydroxyl groups is 1. The van der Waals surface area contributed by atoms with E-state index in [4.69, 9.17) is 10.5 Å². The summed E-state index contributed by atoms with van der Waals surface area (Å²) in [6.07, 6.45) is 0. The molecule has 0 fully saturated rings. The molecular weight excluding hydrogens is 196 g/mol. The van der Waals surface area contributed by atoms with Crippen LogP contribution in [0.4, 0.5) is 0 Å². The quantitative estimate of drug-likeness (QED) is 0.709. The summed E-state index contributed by atoms with van der Waals surface area (Å²) < 4.78 is 0.670. The predicted octanol–water partition coefficient (Wildman–Crippen LogP) is 2.35. The Morgan fingerprint density at radius 3 is 2.64 bits per heavy atom. The van der Waals surface area contributed by atoms with E-state index in [1.54, 1.807) is 18.2 Å². The van der Waals surface area contributed by atoms with Crippen LogP contribution in [0.3, 0.4) is 0 Å². The highest BCUT2D eigenvalue weighted by atomic mass is 32.1. The van der Waals surface area contributed by atoms with E-state index >= 15 is 0 Å². The molecule has 0 aliphatic rings. The number of nitrogens with zero attached hydrogens (tertiary/aromatic N) is 2. The maximum Gasteiger partial charge on any atom is 0.190 e. The van der Waals surface area contributed by atoms with Gasteiger partial charge in [0, 0.05) is 5.39 Å². The van der Waals surface area contributed by atoms with Crippen molar-refractivity contribution in [2.75, 3.05) is 0 Å². The minimum atomic E-state index is -0.0230. The van der Waals surface area contributed by atoms with Crippen LogP contribution in [0.2, 0.25) is 0 Å². The molecule has 1 heterocycles. The van der Waals surface area contributed by atoms with Gasteiger partial charge in [0.2, 0.25) is 0 Å². The molecule has 0 atom stereocenters. The third-order valence-electron chi connectivity index (χ3n) is 1.93. The zero-order chi connectivity index (χ0) is 10.1. The summed E-state index contributed by atoms with van der Waals surface area (Å²) in [5.74, 6) is 0. The summed E-state index contributed by atoms with van der Waals surface area (Å²) >= 11 is 1.07. The van der Waals surface area contributed by atoms with E-state index in [9.17, 15) is 5.11 Å². The van der Waals surface area contributed by atoms with Crippen molar-refractivity contribution < 1.29 is 5.11 Å². The average Bonchev–Trinajstić information content (AvgIpc) is 2.52. The smallest absolute Gasteiger partial charge is 0.190 e. The lowest BCUT2D eigenvalue weighted by molar-refractivity contribution is 0.490. The topological polar surface area (TPSA) is 67.8 Å². The average molecular weight is 200 g/mol. The van der Waals surface area contributed by atoms with E-state index < -0.39 is 0 Å². The maximum absolute atomic E-state index is 9.44. The lowest BCUT2D eigenvalue weighted by Gasteiger charge is -1.90. The fourth-order valence-electron chi connectivity index (χ4n) is 1.30. The molecule has 1 N–H and O–H groups in total. The van der Waals surface area contributed by atoms with E-state index in [2.05, 4.69) is 0 Å². The largest absolute Gasteiger partial charge is 0.499 e. The van der Waals surface area contributed by atoms with Crippen LogP contribution in [0.5, 0.6) is 5.06 Å². The Balaban J connectivity index is 2.96. The molecule has 2 aromatic rings. The van der Waals surface area contributed by atoms with E-state index in [-0.39, 0.29) is 10.6 Å². The van der Waals surface area contributed by atoms with Gasteiger partial charge in [-0.1, -0.05) is 23.5 Å². The Morgan fingerprint density at radius 1 is 1.21 bits per heavy atom. The van der Waals surface area contributed by atoms with Crippen LogP contribution in [0.15, 0.2) is 18.2 Å². The summed E-state index contributed by atoms with van der Waals surface area (Å²) in [4.78, 5) is 0. The Kier molecular flexibility index (Phi) is 1.85. The van der Waals surface area contributed by atoms with Gasteiger partial charge < -0.3 is 5.11 Å². The molecule has 66 valence electrons. The van der Waals surface area contributed by atoms with Gasteiger partial charge in [-0.05, 0) is 6.07 Å². The van der Waals surface area contributed by atoms with Crippen molar-refractivity contribution in [1.82, 2.24) is 0 Å².